The van der Waals surface area contributed by atoms with Gasteiger partial charge in [0, 0.05) is 11.9 Å². The van der Waals surface area contributed by atoms with Crippen molar-refractivity contribution in [2.45, 2.75) is 72.6 Å². The molecule has 0 N–H and O–H groups in total. The van der Waals surface area contributed by atoms with E-state index in [0.717, 1.165) is 12.8 Å². The number of aromatic nitrogens is 1. The largest absolute Gasteiger partial charge is 0.261 e. The van der Waals surface area contributed by atoms with Crippen LogP contribution in [-0.4, -0.2) is 4.98 Å². The minimum atomic E-state index is 1.12. The van der Waals surface area contributed by atoms with E-state index in [0.29, 0.717) is 0 Å². The number of pyridine rings is 1. The lowest BCUT2D eigenvalue weighted by Gasteiger charge is -2.16. The minimum absolute atomic E-state index is 1.12. The molecule has 1 heteroatoms. The Labute approximate surface area is 107 Å². The molecule has 1 nitrogen and oxygen atoms in total. The molecule has 0 spiro atoms. The maximum absolute atomic E-state index is 4.70. The smallest absolute Gasteiger partial charge is 0.0438 e. The van der Waals surface area contributed by atoms with Crippen LogP contribution in [0.2, 0.25) is 0 Å². The van der Waals surface area contributed by atoms with Crippen molar-refractivity contribution in [2.24, 2.45) is 0 Å². The molecule has 0 aliphatic heterocycles. The Hall–Kier alpha value is -0.850. The second-order valence-corrected chi connectivity index (χ2v) is 4.79. The van der Waals surface area contributed by atoms with E-state index in [9.17, 15) is 0 Å². The Balaban J connectivity index is 3.20. The quantitative estimate of drug-likeness (QED) is 0.675. The van der Waals surface area contributed by atoms with E-state index in [1.165, 1.54) is 43.4 Å². The van der Waals surface area contributed by atoms with Crippen LogP contribution in [0.15, 0.2) is 6.20 Å². The third-order valence-corrected chi connectivity index (χ3v) is 3.34. The van der Waals surface area contributed by atoms with Crippen LogP contribution >= 0.6 is 0 Å². The van der Waals surface area contributed by atoms with Crippen LogP contribution in [0.4, 0.5) is 0 Å². The van der Waals surface area contributed by atoms with Gasteiger partial charge in [0.1, 0.15) is 0 Å². The summed E-state index contributed by atoms with van der Waals surface area (Å²) in [5, 5.41) is 0. The topological polar surface area (TPSA) is 12.9 Å². The van der Waals surface area contributed by atoms with Crippen LogP contribution in [-0.2, 0) is 25.7 Å². The zero-order chi connectivity index (χ0) is 12.7. The summed E-state index contributed by atoms with van der Waals surface area (Å²) >= 11 is 0. The Morgan fingerprint density at radius 3 is 1.94 bits per heavy atom. The van der Waals surface area contributed by atoms with Gasteiger partial charge in [-0.05, 0) is 42.4 Å². The Bertz CT molecular complexity index is 342. The monoisotopic (exact) mass is 233 g/mol. The van der Waals surface area contributed by atoms with Gasteiger partial charge in [0.25, 0.3) is 0 Å². The number of hydrogen-bond acceptors (Lipinski definition) is 1. The maximum atomic E-state index is 4.70. The molecule has 0 unspecified atom stereocenters. The van der Waals surface area contributed by atoms with Gasteiger partial charge in [-0.15, -0.1) is 0 Å². The van der Waals surface area contributed by atoms with Crippen LogP contribution in [0.1, 0.15) is 69.3 Å². The summed E-state index contributed by atoms with van der Waals surface area (Å²) in [5.74, 6) is 0. The Kier molecular flexibility index (Phi) is 6.25. The Morgan fingerprint density at radius 1 is 0.824 bits per heavy atom. The molecule has 1 aromatic rings. The second-order valence-electron chi connectivity index (χ2n) is 4.79. The molecule has 1 heterocycles. The first kappa shape index (κ1) is 14.2. The molecule has 0 aliphatic rings. The summed E-state index contributed by atoms with van der Waals surface area (Å²) in [6, 6.07) is 0. The van der Waals surface area contributed by atoms with E-state index in [1.807, 2.05) is 0 Å². The molecule has 0 bridgehead atoms. The summed E-state index contributed by atoms with van der Waals surface area (Å²) in [6.45, 7) is 9.02. The summed E-state index contributed by atoms with van der Waals surface area (Å²) in [7, 11) is 0. The zero-order valence-electron chi connectivity index (χ0n) is 12.0. The van der Waals surface area contributed by atoms with Gasteiger partial charge in [-0.3, -0.25) is 4.98 Å². The molecule has 0 fully saturated rings. The van der Waals surface area contributed by atoms with Crippen molar-refractivity contribution in [2.75, 3.05) is 0 Å². The van der Waals surface area contributed by atoms with E-state index in [4.69, 9.17) is 4.98 Å². The molecule has 17 heavy (non-hydrogen) atoms. The summed E-state index contributed by atoms with van der Waals surface area (Å²) in [6.07, 6.45) is 10.4. The first-order chi connectivity index (χ1) is 8.28. The van der Waals surface area contributed by atoms with Crippen LogP contribution in [0.25, 0.3) is 0 Å². The summed E-state index contributed by atoms with van der Waals surface area (Å²) in [5.41, 5.74) is 6.00. The fourth-order valence-corrected chi connectivity index (χ4v) is 2.54. The predicted octanol–water partition coefficient (Wildman–Crippen LogP) is 4.50. The van der Waals surface area contributed by atoms with Gasteiger partial charge < -0.3 is 0 Å². The lowest BCUT2D eigenvalue weighted by molar-refractivity contribution is 0.786. The third kappa shape index (κ3) is 3.55. The first-order valence-electron chi connectivity index (χ1n) is 7.26. The van der Waals surface area contributed by atoms with Crippen molar-refractivity contribution in [3.8, 4) is 0 Å². The first-order valence-corrected chi connectivity index (χ1v) is 7.26. The Morgan fingerprint density at radius 2 is 1.41 bits per heavy atom. The molecule has 96 valence electrons. The molecular weight excluding hydrogens is 206 g/mol. The fourth-order valence-electron chi connectivity index (χ4n) is 2.54. The van der Waals surface area contributed by atoms with E-state index >= 15 is 0 Å². The predicted molar refractivity (Wildman–Crippen MR) is 75.6 cm³/mol. The van der Waals surface area contributed by atoms with Crippen molar-refractivity contribution in [1.29, 1.82) is 0 Å². The normalized spacial score (nSPS) is 10.8. The van der Waals surface area contributed by atoms with Gasteiger partial charge in [-0.25, -0.2) is 0 Å². The highest BCUT2D eigenvalue weighted by atomic mass is 14.7. The highest BCUT2D eigenvalue weighted by Gasteiger charge is 2.12. The number of aryl methyl sites for hydroxylation is 2. The summed E-state index contributed by atoms with van der Waals surface area (Å²) < 4.78 is 0. The maximum Gasteiger partial charge on any atom is 0.0438 e. The van der Waals surface area contributed by atoms with Crippen LogP contribution in [0.5, 0.6) is 0 Å². The lowest BCUT2D eigenvalue weighted by atomic mass is 9.92. The van der Waals surface area contributed by atoms with E-state index in [1.54, 1.807) is 11.1 Å². The number of nitrogens with zero attached hydrogens (tertiary/aromatic N) is 1. The molecule has 0 aliphatic carbocycles. The molecule has 0 amide bonds. The summed E-state index contributed by atoms with van der Waals surface area (Å²) in [4.78, 5) is 4.70. The average Bonchev–Trinajstić information content (AvgIpc) is 2.34. The van der Waals surface area contributed by atoms with Gasteiger partial charge in [0.05, 0.1) is 0 Å². The molecular formula is C16H27N. The highest BCUT2D eigenvalue weighted by molar-refractivity contribution is 5.37. The average molecular weight is 233 g/mol. The second kappa shape index (κ2) is 7.47. The number of hydrogen-bond donors (Lipinski definition) is 0. The SMILES string of the molecule is CCCc1ncc(CC)c(CCC)c1CCC. The molecule has 0 radical (unpaired) electrons. The zero-order valence-corrected chi connectivity index (χ0v) is 12.0. The van der Waals surface area contributed by atoms with Gasteiger partial charge in [0.15, 0.2) is 0 Å². The van der Waals surface area contributed by atoms with Gasteiger partial charge in [-0.2, -0.15) is 0 Å². The standard InChI is InChI=1S/C16H27N/c1-5-9-14-13(8-4)12-17-16(11-7-3)15(14)10-6-2/h12H,5-11H2,1-4H3. The molecule has 1 rings (SSSR count). The van der Waals surface area contributed by atoms with E-state index in [2.05, 4.69) is 33.9 Å². The molecule has 0 saturated carbocycles. The van der Waals surface area contributed by atoms with Crippen molar-refractivity contribution in [1.82, 2.24) is 4.98 Å². The van der Waals surface area contributed by atoms with Crippen molar-refractivity contribution in [3.63, 3.8) is 0 Å². The third-order valence-electron chi connectivity index (χ3n) is 3.34. The van der Waals surface area contributed by atoms with Crippen molar-refractivity contribution in [3.05, 3.63) is 28.6 Å². The van der Waals surface area contributed by atoms with Gasteiger partial charge in [-0.1, -0.05) is 47.0 Å². The van der Waals surface area contributed by atoms with Crippen molar-refractivity contribution >= 4 is 0 Å². The molecule has 1 aromatic heterocycles. The molecule has 0 saturated heterocycles. The van der Waals surface area contributed by atoms with E-state index < -0.39 is 0 Å². The molecule has 0 aromatic carbocycles. The van der Waals surface area contributed by atoms with Crippen LogP contribution < -0.4 is 0 Å². The molecule has 0 atom stereocenters. The van der Waals surface area contributed by atoms with Gasteiger partial charge >= 0.3 is 0 Å². The van der Waals surface area contributed by atoms with Crippen LogP contribution in [0.3, 0.4) is 0 Å². The highest BCUT2D eigenvalue weighted by Crippen LogP contribution is 2.22. The lowest BCUT2D eigenvalue weighted by Crippen LogP contribution is -2.07. The number of rotatable bonds is 7. The fraction of sp³-hybridized carbons (Fsp3) is 0.688. The van der Waals surface area contributed by atoms with Crippen LogP contribution in [0, 0.1) is 0 Å². The van der Waals surface area contributed by atoms with Gasteiger partial charge in [0.2, 0.25) is 0 Å². The van der Waals surface area contributed by atoms with E-state index in [-0.39, 0.29) is 0 Å². The van der Waals surface area contributed by atoms with Crippen molar-refractivity contribution < 1.29 is 0 Å². The minimum Gasteiger partial charge on any atom is -0.261 e.